The summed E-state index contributed by atoms with van der Waals surface area (Å²) < 4.78 is 11.6. The molecule has 69 heavy (non-hydrogen) atoms. The average Bonchev–Trinajstić information content (AvgIpc) is 4.11. The molecule has 0 saturated carbocycles. The largest absolute Gasteiger partial charge is 0.456 e. The summed E-state index contributed by atoms with van der Waals surface area (Å²) in [4.78, 5) is 15.8. The molecule has 0 fully saturated rings. The Balaban J connectivity index is 0.941. The number of furan rings is 1. The molecule has 6 heteroatoms. The molecule has 0 aliphatic rings. The molecule has 0 bridgehead atoms. The fourth-order valence-corrected chi connectivity index (χ4v) is 12.2. The third kappa shape index (κ3) is 5.73. The molecule has 0 atom stereocenters. The van der Waals surface area contributed by atoms with Crippen LogP contribution in [-0.2, 0) is 0 Å². The summed E-state index contributed by atoms with van der Waals surface area (Å²) in [7, 11) is 0. The molecular weight excluding hydrogens is 861 g/mol. The molecule has 0 spiro atoms. The van der Waals surface area contributed by atoms with Crippen LogP contribution in [0.2, 0.25) is 0 Å². The fraction of sp³-hybridized carbons (Fsp3) is 0. The van der Waals surface area contributed by atoms with E-state index in [1.54, 1.807) is 0 Å². The van der Waals surface area contributed by atoms with E-state index in [9.17, 15) is 0 Å². The van der Waals surface area contributed by atoms with Gasteiger partial charge in [-0.25, -0.2) is 15.0 Å². The van der Waals surface area contributed by atoms with E-state index < -0.39 is 0 Å². The van der Waals surface area contributed by atoms with Gasteiger partial charge in [-0.15, -0.1) is 11.3 Å². The van der Waals surface area contributed by atoms with Crippen molar-refractivity contribution in [2.75, 3.05) is 0 Å². The van der Waals surface area contributed by atoms with Gasteiger partial charge < -0.3 is 8.98 Å². The van der Waals surface area contributed by atoms with E-state index in [0.29, 0.717) is 17.5 Å². The van der Waals surface area contributed by atoms with Crippen molar-refractivity contribution in [1.82, 2.24) is 19.5 Å². The highest BCUT2D eigenvalue weighted by Gasteiger charge is 2.22. The molecular formula is C63H36N4OS. The summed E-state index contributed by atoms with van der Waals surface area (Å²) in [6.45, 7) is 0. The number of fused-ring (bicyclic) bond motifs is 15. The van der Waals surface area contributed by atoms with Gasteiger partial charge in [-0.05, 0) is 92.0 Å². The quantitative estimate of drug-likeness (QED) is 0.162. The molecule has 320 valence electrons. The predicted octanol–water partition coefficient (Wildman–Crippen LogP) is 17.4. The minimum atomic E-state index is 0.586. The summed E-state index contributed by atoms with van der Waals surface area (Å²) >= 11 is 1.86. The maximum absolute atomic E-state index is 6.68. The van der Waals surface area contributed by atoms with E-state index in [1.165, 1.54) is 80.2 Å². The van der Waals surface area contributed by atoms with Gasteiger partial charge in [0.2, 0.25) is 0 Å². The highest BCUT2D eigenvalue weighted by atomic mass is 32.1. The number of benzene rings is 11. The first-order chi connectivity index (χ1) is 34.2. The van der Waals surface area contributed by atoms with Crippen molar-refractivity contribution in [3.63, 3.8) is 0 Å². The van der Waals surface area contributed by atoms with Crippen LogP contribution < -0.4 is 0 Å². The highest BCUT2D eigenvalue weighted by molar-refractivity contribution is 7.26. The second-order valence-corrected chi connectivity index (χ2v) is 18.9. The van der Waals surface area contributed by atoms with Crippen LogP contribution in [0.15, 0.2) is 223 Å². The van der Waals surface area contributed by atoms with Crippen molar-refractivity contribution >= 4 is 108 Å². The zero-order valence-corrected chi connectivity index (χ0v) is 37.7. The van der Waals surface area contributed by atoms with E-state index in [1.807, 2.05) is 41.7 Å². The molecule has 4 aromatic heterocycles. The Morgan fingerprint density at radius 3 is 1.62 bits per heavy atom. The molecule has 0 saturated heterocycles. The second kappa shape index (κ2) is 14.8. The van der Waals surface area contributed by atoms with Gasteiger partial charge in [0, 0.05) is 53.7 Å². The Morgan fingerprint density at radius 1 is 0.333 bits per heavy atom. The number of rotatable bonds is 5. The fourth-order valence-electron chi connectivity index (χ4n) is 11.0. The van der Waals surface area contributed by atoms with Gasteiger partial charge in [0.15, 0.2) is 17.5 Å². The monoisotopic (exact) mass is 896 g/mol. The molecule has 0 N–H and O–H groups in total. The van der Waals surface area contributed by atoms with Crippen molar-refractivity contribution < 1.29 is 4.42 Å². The number of nitrogens with zero attached hydrogens (tertiary/aromatic N) is 4. The van der Waals surface area contributed by atoms with Gasteiger partial charge in [0.1, 0.15) is 11.2 Å². The average molecular weight is 897 g/mol. The maximum atomic E-state index is 6.68. The molecule has 0 unspecified atom stereocenters. The Labute approximate surface area is 398 Å². The Hall–Kier alpha value is -8.97. The highest BCUT2D eigenvalue weighted by Crippen LogP contribution is 2.47. The third-order valence-electron chi connectivity index (χ3n) is 14.0. The number of para-hydroxylation sites is 2. The molecule has 0 aliphatic carbocycles. The van der Waals surface area contributed by atoms with Crippen LogP contribution in [-0.4, -0.2) is 19.5 Å². The number of hydrogen-bond donors (Lipinski definition) is 0. The predicted molar refractivity (Wildman–Crippen MR) is 289 cm³/mol. The molecule has 15 aromatic rings. The normalized spacial score (nSPS) is 12.1. The summed E-state index contributed by atoms with van der Waals surface area (Å²) in [5.41, 5.74) is 10.2. The van der Waals surface area contributed by atoms with Crippen LogP contribution in [0.25, 0.3) is 147 Å². The number of aromatic nitrogens is 4. The van der Waals surface area contributed by atoms with Gasteiger partial charge in [-0.1, -0.05) is 170 Å². The molecule has 4 heterocycles. The minimum absolute atomic E-state index is 0.586. The van der Waals surface area contributed by atoms with Gasteiger partial charge in [0.05, 0.1) is 21.4 Å². The first-order valence-corrected chi connectivity index (χ1v) is 24.1. The first-order valence-electron chi connectivity index (χ1n) is 23.3. The van der Waals surface area contributed by atoms with Crippen molar-refractivity contribution in [2.45, 2.75) is 0 Å². The lowest BCUT2D eigenvalue weighted by Crippen LogP contribution is -2.00. The number of hydrogen-bond acceptors (Lipinski definition) is 5. The SMILES string of the molecule is c1ccc(-c2nc(-c3ccc4c5ccccc5c5ccccc5c4c3)nc(-c3cccc4oc5ccc(-c6ccc(-n7c8ccccc8c8ccccc87)c7sc8ccccc8c67)cc5c34)n2)cc1. The van der Waals surface area contributed by atoms with Crippen LogP contribution >= 0.6 is 11.3 Å². The summed E-state index contributed by atoms with van der Waals surface area (Å²) in [5.74, 6) is 1.81. The minimum Gasteiger partial charge on any atom is -0.456 e. The molecule has 5 nitrogen and oxygen atoms in total. The summed E-state index contributed by atoms with van der Waals surface area (Å²) in [5, 5.41) is 14.2. The van der Waals surface area contributed by atoms with Crippen LogP contribution in [0.1, 0.15) is 0 Å². The molecule has 0 amide bonds. The molecule has 0 aliphatic heterocycles. The van der Waals surface area contributed by atoms with Gasteiger partial charge in [-0.2, -0.15) is 0 Å². The third-order valence-corrected chi connectivity index (χ3v) is 15.2. The first kappa shape index (κ1) is 38.2. The zero-order chi connectivity index (χ0) is 45.2. The smallest absolute Gasteiger partial charge is 0.164 e. The van der Waals surface area contributed by atoms with Crippen LogP contribution in [0.3, 0.4) is 0 Å². The molecule has 15 rings (SSSR count). The van der Waals surface area contributed by atoms with E-state index in [2.05, 4.69) is 193 Å². The van der Waals surface area contributed by atoms with Crippen molar-refractivity contribution in [1.29, 1.82) is 0 Å². The van der Waals surface area contributed by atoms with E-state index in [-0.39, 0.29) is 0 Å². The maximum Gasteiger partial charge on any atom is 0.164 e. The zero-order valence-electron chi connectivity index (χ0n) is 36.9. The van der Waals surface area contributed by atoms with E-state index >= 15 is 0 Å². The Bertz CT molecular complexity index is 4530. The lowest BCUT2D eigenvalue weighted by atomic mass is 9.93. The molecule has 11 aromatic carbocycles. The van der Waals surface area contributed by atoms with Gasteiger partial charge >= 0.3 is 0 Å². The Kier molecular flexibility index (Phi) is 8.17. The van der Waals surface area contributed by atoms with Crippen LogP contribution in [0, 0.1) is 0 Å². The van der Waals surface area contributed by atoms with E-state index in [0.717, 1.165) is 49.6 Å². The molecule has 0 radical (unpaired) electrons. The van der Waals surface area contributed by atoms with Crippen molar-refractivity contribution in [2.24, 2.45) is 0 Å². The Morgan fingerprint density at radius 2 is 0.899 bits per heavy atom. The van der Waals surface area contributed by atoms with Gasteiger partial charge in [-0.3, -0.25) is 0 Å². The van der Waals surface area contributed by atoms with Crippen molar-refractivity contribution in [3.8, 4) is 51.0 Å². The second-order valence-electron chi connectivity index (χ2n) is 17.8. The van der Waals surface area contributed by atoms with E-state index in [4.69, 9.17) is 19.4 Å². The lowest BCUT2D eigenvalue weighted by Gasteiger charge is -2.13. The number of thiophene rings is 1. The summed E-state index contributed by atoms with van der Waals surface area (Å²) in [6.07, 6.45) is 0. The van der Waals surface area contributed by atoms with Crippen molar-refractivity contribution in [3.05, 3.63) is 218 Å². The van der Waals surface area contributed by atoms with Crippen LogP contribution in [0.4, 0.5) is 0 Å². The standard InChI is InChI=1S/C63H36N4OS/c1-2-15-37(16-3-1)61-64-62(39-29-31-45-43-19-5-4-17-41(43)42-18-6-7-20-44(42)50(45)36-39)66-63(65-61)49-24-14-27-56-58(49)51-35-38(30-34-55(51)68-56)40-32-33-54(60-59(40)48-23-10-13-28-57(48)69-60)67-52-25-11-8-21-46(52)47-22-9-12-26-53(47)67/h1-36H. The van der Waals surface area contributed by atoms with Gasteiger partial charge in [0.25, 0.3) is 0 Å². The summed E-state index contributed by atoms with van der Waals surface area (Å²) in [6, 6.07) is 77.9. The lowest BCUT2D eigenvalue weighted by molar-refractivity contribution is 0.669. The van der Waals surface area contributed by atoms with Crippen LogP contribution in [0.5, 0.6) is 0 Å². The topological polar surface area (TPSA) is 56.7 Å².